The average Bonchev–Trinajstić information content (AvgIpc) is 2.46. The van der Waals surface area contributed by atoms with Crippen LogP contribution in [0, 0.1) is 11.8 Å². The summed E-state index contributed by atoms with van der Waals surface area (Å²) in [6.07, 6.45) is 7.94. The zero-order valence-electron chi connectivity index (χ0n) is 11.8. The highest BCUT2D eigenvalue weighted by atomic mass is 16.5. The molecule has 0 aliphatic carbocycles. The monoisotopic (exact) mass is 260 g/mol. The molecule has 19 heavy (non-hydrogen) atoms. The van der Waals surface area contributed by atoms with Crippen LogP contribution in [0.25, 0.3) is 0 Å². The number of ether oxygens (including phenoxy) is 1. The van der Waals surface area contributed by atoms with Gasteiger partial charge in [0.05, 0.1) is 7.11 Å². The van der Waals surface area contributed by atoms with Crippen molar-refractivity contribution in [2.45, 2.75) is 44.9 Å². The molecule has 0 heterocycles. The molecule has 1 rings (SSSR count). The highest BCUT2D eigenvalue weighted by molar-refractivity contribution is 5.38. The van der Waals surface area contributed by atoms with E-state index in [0.717, 1.165) is 30.6 Å². The molecule has 0 fully saturated rings. The van der Waals surface area contributed by atoms with Crippen molar-refractivity contribution in [1.82, 2.24) is 0 Å². The molecular formula is C17H24O2. The lowest BCUT2D eigenvalue weighted by molar-refractivity contribution is 0.282. The largest absolute Gasteiger partial charge is 0.497 e. The fraction of sp³-hybridized carbons (Fsp3) is 0.529. The van der Waals surface area contributed by atoms with Crippen LogP contribution >= 0.6 is 0 Å². The molecule has 0 amide bonds. The van der Waals surface area contributed by atoms with Crippen molar-refractivity contribution in [2.24, 2.45) is 0 Å². The molecule has 1 N–H and O–H groups in total. The maximum Gasteiger partial charge on any atom is 0.118 e. The zero-order chi connectivity index (χ0) is 13.8. The lowest BCUT2D eigenvalue weighted by Crippen LogP contribution is -1.83. The second-order valence-electron chi connectivity index (χ2n) is 4.63. The molecule has 2 heteroatoms. The maximum absolute atomic E-state index is 8.65. The first-order valence-electron chi connectivity index (χ1n) is 7.10. The van der Waals surface area contributed by atoms with E-state index >= 15 is 0 Å². The topological polar surface area (TPSA) is 29.5 Å². The second kappa shape index (κ2) is 10.5. The van der Waals surface area contributed by atoms with Gasteiger partial charge in [-0.3, -0.25) is 0 Å². The van der Waals surface area contributed by atoms with Gasteiger partial charge < -0.3 is 9.84 Å². The van der Waals surface area contributed by atoms with Crippen molar-refractivity contribution in [3.05, 3.63) is 29.8 Å². The van der Waals surface area contributed by atoms with Crippen LogP contribution in [-0.2, 0) is 0 Å². The summed E-state index contributed by atoms with van der Waals surface area (Å²) in [6.45, 7) is 0.327. The van der Waals surface area contributed by atoms with E-state index in [9.17, 15) is 0 Å². The van der Waals surface area contributed by atoms with Crippen LogP contribution in [-0.4, -0.2) is 18.8 Å². The van der Waals surface area contributed by atoms with E-state index in [1.807, 2.05) is 24.3 Å². The molecule has 1 aromatic carbocycles. The van der Waals surface area contributed by atoms with Crippen molar-refractivity contribution < 1.29 is 9.84 Å². The third kappa shape index (κ3) is 7.54. The summed E-state index contributed by atoms with van der Waals surface area (Å²) >= 11 is 0. The van der Waals surface area contributed by atoms with E-state index in [1.54, 1.807) is 7.11 Å². The number of aliphatic hydroxyl groups is 1. The fourth-order valence-electron chi connectivity index (χ4n) is 1.87. The minimum absolute atomic E-state index is 0.327. The summed E-state index contributed by atoms with van der Waals surface area (Å²) in [7, 11) is 1.67. The lowest BCUT2D eigenvalue weighted by Gasteiger charge is -1.98. The highest BCUT2D eigenvalue weighted by Crippen LogP contribution is 2.10. The summed E-state index contributed by atoms with van der Waals surface area (Å²) < 4.78 is 5.10. The zero-order valence-corrected chi connectivity index (χ0v) is 11.8. The molecule has 0 bridgehead atoms. The number of unbranched alkanes of at least 4 members (excludes halogenated alkanes) is 6. The quantitative estimate of drug-likeness (QED) is 0.569. The first-order valence-corrected chi connectivity index (χ1v) is 7.10. The number of hydrogen-bond acceptors (Lipinski definition) is 2. The third-order valence-corrected chi connectivity index (χ3v) is 3.03. The molecule has 0 saturated carbocycles. The smallest absolute Gasteiger partial charge is 0.118 e. The Morgan fingerprint density at radius 1 is 0.947 bits per heavy atom. The van der Waals surface area contributed by atoms with Crippen LogP contribution in [0.4, 0.5) is 0 Å². The number of rotatable bonds is 8. The molecular weight excluding hydrogens is 236 g/mol. The van der Waals surface area contributed by atoms with E-state index < -0.39 is 0 Å². The normalized spacial score (nSPS) is 9.79. The molecule has 0 saturated heterocycles. The summed E-state index contributed by atoms with van der Waals surface area (Å²) in [5.41, 5.74) is 1.05. The molecule has 0 radical (unpaired) electrons. The molecule has 0 aliphatic heterocycles. The van der Waals surface area contributed by atoms with Crippen LogP contribution < -0.4 is 4.74 Å². The van der Waals surface area contributed by atoms with Crippen LogP contribution in [0.2, 0.25) is 0 Å². The molecule has 0 spiro atoms. The van der Waals surface area contributed by atoms with Gasteiger partial charge in [0.25, 0.3) is 0 Å². The van der Waals surface area contributed by atoms with Crippen molar-refractivity contribution >= 4 is 0 Å². The van der Waals surface area contributed by atoms with E-state index in [-0.39, 0.29) is 0 Å². The predicted molar refractivity (Wildman–Crippen MR) is 79.3 cm³/mol. The minimum atomic E-state index is 0.327. The van der Waals surface area contributed by atoms with E-state index in [1.165, 1.54) is 25.7 Å². The van der Waals surface area contributed by atoms with Crippen molar-refractivity contribution in [1.29, 1.82) is 0 Å². The molecule has 104 valence electrons. The molecule has 1 aromatic rings. The van der Waals surface area contributed by atoms with Gasteiger partial charge in [-0.25, -0.2) is 0 Å². The van der Waals surface area contributed by atoms with Gasteiger partial charge in [-0.15, -0.1) is 0 Å². The number of methoxy groups -OCH3 is 1. The Morgan fingerprint density at radius 2 is 1.58 bits per heavy atom. The Bertz CT molecular complexity index is 384. The van der Waals surface area contributed by atoms with Crippen LogP contribution in [0.1, 0.15) is 50.5 Å². The summed E-state index contributed by atoms with van der Waals surface area (Å²) in [5.74, 6) is 7.25. The van der Waals surface area contributed by atoms with Gasteiger partial charge in [0.2, 0.25) is 0 Å². The van der Waals surface area contributed by atoms with Gasteiger partial charge in [0, 0.05) is 18.6 Å². The van der Waals surface area contributed by atoms with Crippen molar-refractivity contribution in [3.8, 4) is 17.6 Å². The Labute approximate surface area is 116 Å². The minimum Gasteiger partial charge on any atom is -0.497 e. The molecule has 0 aromatic heterocycles. The fourth-order valence-corrected chi connectivity index (χ4v) is 1.87. The van der Waals surface area contributed by atoms with E-state index in [2.05, 4.69) is 11.8 Å². The first-order chi connectivity index (χ1) is 9.36. The first kappa shape index (κ1) is 15.6. The SMILES string of the molecule is COc1ccc(C#CCCCCCCCCO)cc1. The van der Waals surface area contributed by atoms with Gasteiger partial charge in [0.15, 0.2) is 0 Å². The third-order valence-electron chi connectivity index (χ3n) is 3.03. The Balaban J connectivity index is 2.10. The van der Waals surface area contributed by atoms with Gasteiger partial charge in [0.1, 0.15) is 5.75 Å². The van der Waals surface area contributed by atoms with Crippen molar-refractivity contribution in [2.75, 3.05) is 13.7 Å². The summed E-state index contributed by atoms with van der Waals surface area (Å²) in [4.78, 5) is 0. The van der Waals surface area contributed by atoms with Gasteiger partial charge >= 0.3 is 0 Å². The van der Waals surface area contributed by atoms with Gasteiger partial charge in [-0.05, 0) is 37.1 Å². The molecule has 0 unspecified atom stereocenters. The van der Waals surface area contributed by atoms with Crippen LogP contribution in [0.3, 0.4) is 0 Å². The Hall–Kier alpha value is -1.46. The van der Waals surface area contributed by atoms with E-state index in [4.69, 9.17) is 9.84 Å². The molecule has 0 atom stereocenters. The molecule has 0 aliphatic rings. The molecule has 2 nitrogen and oxygen atoms in total. The lowest BCUT2D eigenvalue weighted by atomic mass is 10.1. The number of aliphatic hydroxyl groups excluding tert-OH is 1. The van der Waals surface area contributed by atoms with Crippen LogP contribution in [0.15, 0.2) is 24.3 Å². The predicted octanol–water partition coefficient (Wildman–Crippen LogP) is 3.77. The van der Waals surface area contributed by atoms with Crippen molar-refractivity contribution in [3.63, 3.8) is 0 Å². The van der Waals surface area contributed by atoms with Crippen LogP contribution in [0.5, 0.6) is 5.75 Å². The van der Waals surface area contributed by atoms with E-state index in [0.29, 0.717) is 6.61 Å². The second-order valence-corrected chi connectivity index (χ2v) is 4.63. The van der Waals surface area contributed by atoms with Gasteiger partial charge in [-0.2, -0.15) is 0 Å². The van der Waals surface area contributed by atoms with Gasteiger partial charge in [-0.1, -0.05) is 37.5 Å². The summed E-state index contributed by atoms with van der Waals surface area (Å²) in [6, 6.07) is 7.85. The summed E-state index contributed by atoms with van der Waals surface area (Å²) in [5, 5.41) is 8.65. The maximum atomic E-state index is 8.65. The number of benzene rings is 1. The Kier molecular flexibility index (Phi) is 8.59. The Morgan fingerprint density at radius 3 is 2.21 bits per heavy atom. The highest BCUT2D eigenvalue weighted by Gasteiger charge is 1.91. The average molecular weight is 260 g/mol. The number of hydrogen-bond donors (Lipinski definition) is 1. The standard InChI is InChI=1S/C17H24O2/c1-19-17-13-11-16(12-14-17)10-8-6-4-2-3-5-7-9-15-18/h11-14,18H,2-7,9,15H2,1H3.